The Kier molecular flexibility index (Phi) is 5.63. The first kappa shape index (κ1) is 20.5. The summed E-state index contributed by atoms with van der Waals surface area (Å²) >= 11 is 0. The average Bonchev–Trinajstić information content (AvgIpc) is 3.01. The minimum atomic E-state index is -0.489. The molecule has 0 aliphatic heterocycles. The van der Waals surface area contributed by atoms with Crippen LogP contribution in [0.2, 0.25) is 0 Å². The van der Waals surface area contributed by atoms with Crippen LogP contribution in [0.1, 0.15) is 47.2 Å². The number of rotatable bonds is 4. The van der Waals surface area contributed by atoms with E-state index in [4.69, 9.17) is 10.1 Å². The Hall–Kier alpha value is -2.19. The molecule has 4 nitrogen and oxygen atoms in total. The van der Waals surface area contributed by atoms with E-state index < -0.39 is 8.07 Å². The van der Waals surface area contributed by atoms with Gasteiger partial charge in [-0.05, 0) is 25.1 Å². The molecule has 0 saturated carbocycles. The van der Waals surface area contributed by atoms with E-state index in [0.29, 0.717) is 0 Å². The van der Waals surface area contributed by atoms with E-state index in [2.05, 4.69) is 77.0 Å². The Bertz CT molecular complexity index is 919. The molecule has 0 aliphatic carbocycles. The third-order valence-corrected chi connectivity index (χ3v) is 7.56. The minimum Gasteiger partial charge on any atom is -0.348 e. The first-order valence-corrected chi connectivity index (χ1v) is 11.1. The van der Waals surface area contributed by atoms with Crippen molar-refractivity contribution >= 4 is 13.9 Å². The van der Waals surface area contributed by atoms with Crippen molar-refractivity contribution in [2.45, 2.75) is 58.8 Å². The molecule has 0 radical (unpaired) electrons. The van der Waals surface area contributed by atoms with Crippen LogP contribution in [0.15, 0.2) is 54.6 Å². The summed E-state index contributed by atoms with van der Waals surface area (Å²) < 4.78 is 1.94. The maximum atomic E-state index is 4.91. The molecule has 0 bridgehead atoms. The van der Waals surface area contributed by atoms with Crippen molar-refractivity contribution in [3.8, 4) is 17.1 Å². The lowest BCUT2D eigenvalue weighted by Crippen LogP contribution is -2.29. The average molecular weight is 395 g/mol. The molecule has 3 rings (SSSR count). The van der Waals surface area contributed by atoms with Crippen LogP contribution in [0, 0.1) is 6.92 Å². The number of nitrogens with one attached hydrogen (secondary N) is 1. The van der Waals surface area contributed by atoms with Gasteiger partial charge in [0.25, 0.3) is 0 Å². The minimum absolute atomic E-state index is 0.169. The van der Waals surface area contributed by atoms with Crippen molar-refractivity contribution in [1.82, 2.24) is 14.8 Å². The van der Waals surface area contributed by atoms with Gasteiger partial charge in [-0.15, -0.1) is 0 Å². The molecule has 1 aromatic carbocycles. The molecule has 0 amide bonds. The van der Waals surface area contributed by atoms with Crippen molar-refractivity contribution in [3.05, 3.63) is 60.3 Å². The summed E-state index contributed by atoms with van der Waals surface area (Å²) in [5.74, 6) is 1.73. The van der Waals surface area contributed by atoms with Crippen LogP contribution in [0.25, 0.3) is 17.1 Å². The van der Waals surface area contributed by atoms with Crippen molar-refractivity contribution in [2.75, 3.05) is 5.09 Å². The molecule has 0 unspecified atom stereocenters. The van der Waals surface area contributed by atoms with E-state index in [1.807, 2.05) is 35.9 Å². The number of anilines is 1. The number of hydrogen-bond acceptors (Lipinski definition) is 3. The third kappa shape index (κ3) is 4.62. The second-order valence-electron chi connectivity index (χ2n) is 9.12. The zero-order valence-corrected chi connectivity index (χ0v) is 18.9. The molecule has 2 heterocycles. The van der Waals surface area contributed by atoms with Gasteiger partial charge >= 0.3 is 0 Å². The van der Waals surface area contributed by atoms with Crippen molar-refractivity contribution in [2.24, 2.45) is 0 Å². The Balaban J connectivity index is 1.99. The summed E-state index contributed by atoms with van der Waals surface area (Å²) in [6.45, 7) is 15.8. The number of hydrogen-bond donors (Lipinski definition) is 1. The van der Waals surface area contributed by atoms with Gasteiger partial charge < -0.3 is 5.09 Å². The molecule has 28 heavy (non-hydrogen) atoms. The lowest BCUT2D eigenvalue weighted by Gasteiger charge is -2.41. The number of aryl methyl sites for hydroxylation is 1. The number of pyridine rings is 1. The summed E-state index contributed by atoms with van der Waals surface area (Å²) in [7, 11) is -0.489. The molecule has 0 saturated heterocycles. The predicted molar refractivity (Wildman–Crippen MR) is 122 cm³/mol. The Morgan fingerprint density at radius 3 is 2.11 bits per heavy atom. The molecule has 0 spiro atoms. The van der Waals surface area contributed by atoms with Gasteiger partial charge in [0, 0.05) is 23.9 Å². The molecule has 0 atom stereocenters. The SMILES string of the molecule is Cc1cc(-c2ccccc2)n(-c2cccc(NP(C(C)(C)C)C(C)(C)C)n2)n1. The summed E-state index contributed by atoms with van der Waals surface area (Å²) in [5.41, 5.74) is 3.16. The zero-order chi connectivity index (χ0) is 20.5. The molecule has 1 N–H and O–H groups in total. The number of benzene rings is 1. The van der Waals surface area contributed by atoms with Gasteiger partial charge in [-0.2, -0.15) is 5.10 Å². The van der Waals surface area contributed by atoms with Crippen LogP contribution >= 0.6 is 8.07 Å². The molecule has 148 valence electrons. The Morgan fingerprint density at radius 2 is 1.50 bits per heavy atom. The fraction of sp³-hybridized carbons (Fsp3) is 0.391. The highest BCUT2D eigenvalue weighted by Crippen LogP contribution is 2.58. The number of nitrogens with zero attached hydrogens (tertiary/aromatic N) is 3. The summed E-state index contributed by atoms with van der Waals surface area (Å²) in [6.07, 6.45) is 0. The molecular weight excluding hydrogens is 363 g/mol. The van der Waals surface area contributed by atoms with Gasteiger partial charge in [-0.1, -0.05) is 77.9 Å². The second kappa shape index (κ2) is 7.67. The molecule has 5 heteroatoms. The largest absolute Gasteiger partial charge is 0.348 e. The van der Waals surface area contributed by atoms with E-state index >= 15 is 0 Å². The molecule has 3 aromatic rings. The topological polar surface area (TPSA) is 42.7 Å². The quantitative estimate of drug-likeness (QED) is 0.504. The number of aromatic nitrogens is 3. The van der Waals surface area contributed by atoms with Crippen molar-refractivity contribution < 1.29 is 0 Å². The summed E-state index contributed by atoms with van der Waals surface area (Å²) in [5, 5.41) is 8.79. The lowest BCUT2D eigenvalue weighted by molar-refractivity contribution is 0.709. The maximum absolute atomic E-state index is 4.91. The van der Waals surface area contributed by atoms with Crippen LogP contribution in [0.5, 0.6) is 0 Å². The smallest absolute Gasteiger partial charge is 0.156 e. The lowest BCUT2D eigenvalue weighted by atomic mass is 10.1. The standard InChI is InChI=1S/C23H31N4P/c1-17-16-19(18-12-9-8-10-13-18)27(25-17)21-15-11-14-20(24-21)26-28(22(2,3)4)23(5,6)7/h8-16H,1-7H3,(H,24,26). The van der Waals surface area contributed by atoms with E-state index in [9.17, 15) is 0 Å². The molecule has 0 aliphatic rings. The predicted octanol–water partition coefficient (Wildman–Crippen LogP) is 6.65. The highest BCUT2D eigenvalue weighted by atomic mass is 31.1. The maximum Gasteiger partial charge on any atom is 0.156 e. The first-order valence-electron chi connectivity index (χ1n) is 9.72. The Morgan fingerprint density at radius 1 is 0.857 bits per heavy atom. The highest BCUT2D eigenvalue weighted by molar-refractivity contribution is 7.62. The van der Waals surface area contributed by atoms with E-state index in [0.717, 1.165) is 28.6 Å². The first-order chi connectivity index (χ1) is 13.1. The normalized spacial score (nSPS) is 12.4. The van der Waals surface area contributed by atoms with Gasteiger partial charge in [0.1, 0.15) is 5.82 Å². The third-order valence-electron chi connectivity index (χ3n) is 4.42. The van der Waals surface area contributed by atoms with Crippen molar-refractivity contribution in [3.63, 3.8) is 0 Å². The van der Waals surface area contributed by atoms with Crippen LogP contribution < -0.4 is 5.09 Å². The zero-order valence-electron chi connectivity index (χ0n) is 18.0. The summed E-state index contributed by atoms with van der Waals surface area (Å²) in [6, 6.07) is 18.6. The summed E-state index contributed by atoms with van der Waals surface area (Å²) in [4.78, 5) is 4.91. The van der Waals surface area contributed by atoms with Crippen LogP contribution in [-0.2, 0) is 0 Å². The highest BCUT2D eigenvalue weighted by Gasteiger charge is 2.35. The fourth-order valence-electron chi connectivity index (χ4n) is 3.55. The monoisotopic (exact) mass is 394 g/mol. The van der Waals surface area contributed by atoms with Crippen LogP contribution in [0.3, 0.4) is 0 Å². The molecular formula is C23H31N4P. The van der Waals surface area contributed by atoms with Crippen LogP contribution in [-0.4, -0.2) is 25.1 Å². The van der Waals surface area contributed by atoms with E-state index in [-0.39, 0.29) is 10.3 Å². The van der Waals surface area contributed by atoms with Crippen molar-refractivity contribution in [1.29, 1.82) is 0 Å². The molecule has 0 fully saturated rings. The van der Waals surface area contributed by atoms with Gasteiger partial charge in [0.15, 0.2) is 5.82 Å². The fourth-order valence-corrected chi connectivity index (χ4v) is 6.59. The van der Waals surface area contributed by atoms with E-state index in [1.165, 1.54) is 0 Å². The van der Waals surface area contributed by atoms with E-state index in [1.54, 1.807) is 0 Å². The van der Waals surface area contributed by atoms with Crippen LogP contribution in [0.4, 0.5) is 5.82 Å². The second-order valence-corrected chi connectivity index (χ2v) is 12.7. The van der Waals surface area contributed by atoms with Gasteiger partial charge in [0.2, 0.25) is 0 Å². The Labute approximate surface area is 170 Å². The van der Waals surface area contributed by atoms with Gasteiger partial charge in [-0.3, -0.25) is 0 Å². The van der Waals surface area contributed by atoms with Gasteiger partial charge in [0.05, 0.1) is 11.4 Å². The molecule has 2 aromatic heterocycles. The van der Waals surface area contributed by atoms with Gasteiger partial charge in [-0.25, -0.2) is 9.67 Å².